The maximum absolute atomic E-state index is 10.9. The van der Waals surface area contributed by atoms with Gasteiger partial charge < -0.3 is 5.73 Å². The van der Waals surface area contributed by atoms with E-state index in [2.05, 4.69) is 5.32 Å². The van der Waals surface area contributed by atoms with Crippen molar-refractivity contribution in [2.45, 2.75) is 6.92 Å². The van der Waals surface area contributed by atoms with Crippen LogP contribution in [0.25, 0.3) is 0 Å². The van der Waals surface area contributed by atoms with Crippen LogP contribution in [-0.2, 0) is 4.79 Å². The molecule has 5 heteroatoms. The Kier molecular flexibility index (Phi) is 1.80. The van der Waals surface area contributed by atoms with Crippen LogP contribution in [0.1, 0.15) is 6.92 Å². The summed E-state index contributed by atoms with van der Waals surface area (Å²) in [5, 5.41) is 3.18. The Morgan fingerprint density at radius 3 is 2.73 bits per heavy atom. The molecule has 3 amide bonds. The highest BCUT2D eigenvalue weighted by atomic mass is 16.2. The minimum Gasteiger partial charge on any atom is -0.385 e. The summed E-state index contributed by atoms with van der Waals surface area (Å²) >= 11 is 0. The zero-order valence-corrected chi connectivity index (χ0v) is 6.07. The van der Waals surface area contributed by atoms with Gasteiger partial charge in [0.2, 0.25) is 0 Å². The highest BCUT2D eigenvalue weighted by Gasteiger charge is 2.23. The van der Waals surface area contributed by atoms with Gasteiger partial charge >= 0.3 is 6.03 Å². The van der Waals surface area contributed by atoms with Crippen molar-refractivity contribution >= 4 is 11.9 Å². The van der Waals surface area contributed by atoms with Crippen LogP contribution in [0.15, 0.2) is 11.9 Å². The molecule has 1 aliphatic heterocycles. The molecule has 0 saturated heterocycles. The number of carbonyl (C=O) groups excluding carboxylic acids is 2. The maximum atomic E-state index is 10.9. The Balaban J connectivity index is 2.88. The van der Waals surface area contributed by atoms with Gasteiger partial charge in [-0.1, -0.05) is 0 Å². The van der Waals surface area contributed by atoms with Gasteiger partial charge in [0.05, 0.1) is 0 Å². The predicted octanol–water partition coefficient (Wildman–Crippen LogP) is -0.627. The molecule has 1 heterocycles. The van der Waals surface area contributed by atoms with Gasteiger partial charge in [0.25, 0.3) is 5.91 Å². The number of hydrogen-bond acceptors (Lipinski definition) is 3. The molecule has 1 rings (SSSR count). The molecule has 0 aromatic carbocycles. The predicted molar refractivity (Wildman–Crippen MR) is 37.2 cm³/mol. The summed E-state index contributed by atoms with van der Waals surface area (Å²) in [6.45, 7) is 2.18. The van der Waals surface area contributed by atoms with Gasteiger partial charge in [0.15, 0.2) is 0 Å². The number of carbonyl (C=O) groups is 2. The first-order valence-corrected chi connectivity index (χ1v) is 3.19. The second kappa shape index (κ2) is 2.61. The van der Waals surface area contributed by atoms with E-state index in [1.807, 2.05) is 0 Å². The van der Waals surface area contributed by atoms with E-state index in [1.165, 1.54) is 4.90 Å². The summed E-state index contributed by atoms with van der Waals surface area (Å²) in [5.41, 5.74) is 5.36. The highest BCUT2D eigenvalue weighted by Crippen LogP contribution is 2.03. The van der Waals surface area contributed by atoms with Crippen molar-refractivity contribution in [1.82, 2.24) is 10.2 Å². The van der Waals surface area contributed by atoms with Crippen LogP contribution in [0.2, 0.25) is 0 Å². The Morgan fingerprint density at radius 1 is 1.64 bits per heavy atom. The summed E-state index contributed by atoms with van der Waals surface area (Å²) < 4.78 is 0. The van der Waals surface area contributed by atoms with E-state index in [0.717, 1.165) is 6.08 Å². The second-order valence-electron chi connectivity index (χ2n) is 2.05. The van der Waals surface area contributed by atoms with Crippen molar-refractivity contribution in [1.29, 1.82) is 0 Å². The molecule has 0 aromatic heterocycles. The number of nitrogens with zero attached hydrogens (tertiary/aromatic N) is 2. The first-order valence-electron chi connectivity index (χ1n) is 3.19. The van der Waals surface area contributed by atoms with Crippen molar-refractivity contribution in [3.05, 3.63) is 11.9 Å². The lowest BCUT2D eigenvalue weighted by Crippen LogP contribution is -2.44. The average molecular weight is 154 g/mol. The third-order valence-corrected chi connectivity index (χ3v) is 1.34. The Hall–Kier alpha value is -1.52. The molecule has 0 bridgehead atoms. The summed E-state index contributed by atoms with van der Waals surface area (Å²) in [4.78, 5) is 22.7. The first kappa shape index (κ1) is 7.59. The molecule has 5 nitrogen and oxygen atoms in total. The fourth-order valence-corrected chi connectivity index (χ4v) is 0.820. The zero-order chi connectivity index (χ0) is 8.43. The minimum absolute atomic E-state index is 0.164. The molecule has 0 saturated carbocycles. The normalized spacial score (nSPS) is 17.9. The summed E-state index contributed by atoms with van der Waals surface area (Å²) in [6.07, 6.45) is 1.13. The first-order chi connectivity index (χ1) is 5.15. The molecule has 2 N–H and O–H groups in total. The van der Waals surface area contributed by atoms with E-state index in [1.54, 1.807) is 6.92 Å². The topological polar surface area (TPSA) is 77.5 Å². The van der Waals surface area contributed by atoms with Gasteiger partial charge in [-0.15, -0.1) is 0 Å². The standard InChI is InChI=1S/C6H8N3O2/c1-2-9-4(7)3-5(10)8-6(9)11/h3H,2,7H2,1H3. The quantitative estimate of drug-likeness (QED) is 0.546. The van der Waals surface area contributed by atoms with Crippen molar-refractivity contribution < 1.29 is 9.59 Å². The fourth-order valence-electron chi connectivity index (χ4n) is 0.820. The van der Waals surface area contributed by atoms with Crippen LogP contribution >= 0.6 is 0 Å². The van der Waals surface area contributed by atoms with Crippen LogP contribution < -0.4 is 11.1 Å². The molecule has 0 spiro atoms. The molecule has 0 atom stereocenters. The highest BCUT2D eigenvalue weighted by molar-refractivity contribution is 6.03. The lowest BCUT2D eigenvalue weighted by molar-refractivity contribution is -0.116. The van der Waals surface area contributed by atoms with Crippen LogP contribution in [0, 0.1) is 0 Å². The molecule has 1 aliphatic rings. The van der Waals surface area contributed by atoms with Crippen LogP contribution in [-0.4, -0.2) is 23.4 Å². The maximum Gasteiger partial charge on any atom is 0.352 e. The van der Waals surface area contributed by atoms with E-state index in [-0.39, 0.29) is 5.82 Å². The molecule has 1 radical (unpaired) electrons. The smallest absolute Gasteiger partial charge is 0.352 e. The average Bonchev–Trinajstić information content (AvgIpc) is 1.85. The van der Waals surface area contributed by atoms with Gasteiger partial charge in [-0.25, -0.2) is 4.79 Å². The van der Waals surface area contributed by atoms with E-state index in [4.69, 9.17) is 5.73 Å². The number of imide groups is 1. The monoisotopic (exact) mass is 154 g/mol. The number of amides is 3. The van der Waals surface area contributed by atoms with Gasteiger partial charge in [-0.2, -0.15) is 5.32 Å². The largest absolute Gasteiger partial charge is 0.385 e. The molecular formula is C6H8N3O2. The number of nitrogens with two attached hydrogens (primary N) is 1. The van der Waals surface area contributed by atoms with Crippen LogP contribution in [0.3, 0.4) is 0 Å². The van der Waals surface area contributed by atoms with Crippen LogP contribution in [0.4, 0.5) is 4.79 Å². The molecular weight excluding hydrogens is 146 g/mol. The van der Waals surface area contributed by atoms with Gasteiger partial charge in [0, 0.05) is 12.6 Å². The van der Waals surface area contributed by atoms with E-state index in [0.29, 0.717) is 6.54 Å². The molecule has 0 aromatic rings. The Bertz CT molecular complexity index is 234. The lowest BCUT2D eigenvalue weighted by Gasteiger charge is -2.22. The second-order valence-corrected chi connectivity index (χ2v) is 2.05. The van der Waals surface area contributed by atoms with Crippen molar-refractivity contribution in [2.75, 3.05) is 6.54 Å². The SMILES string of the molecule is CCN1C(=O)[N]C(=O)C=C1N. The lowest BCUT2D eigenvalue weighted by atomic mass is 10.4. The van der Waals surface area contributed by atoms with Crippen LogP contribution in [0.5, 0.6) is 0 Å². The minimum atomic E-state index is -0.586. The van der Waals surface area contributed by atoms with E-state index in [9.17, 15) is 9.59 Å². The summed E-state index contributed by atoms with van der Waals surface area (Å²) in [5.74, 6) is -0.422. The molecule has 11 heavy (non-hydrogen) atoms. The van der Waals surface area contributed by atoms with Gasteiger partial charge in [0.1, 0.15) is 5.82 Å². The van der Waals surface area contributed by atoms with E-state index < -0.39 is 11.9 Å². The number of urea groups is 1. The van der Waals surface area contributed by atoms with Crippen molar-refractivity contribution in [3.63, 3.8) is 0 Å². The van der Waals surface area contributed by atoms with Crippen molar-refractivity contribution in [3.8, 4) is 0 Å². The number of hydrogen-bond donors (Lipinski definition) is 1. The summed E-state index contributed by atoms with van der Waals surface area (Å²) in [7, 11) is 0. The zero-order valence-electron chi connectivity index (χ0n) is 6.07. The Labute approximate surface area is 63.8 Å². The molecule has 0 aliphatic carbocycles. The molecule has 0 unspecified atom stereocenters. The summed E-state index contributed by atoms with van der Waals surface area (Å²) in [6, 6.07) is -0.586. The van der Waals surface area contributed by atoms with Gasteiger partial charge in [-0.05, 0) is 6.92 Å². The third kappa shape index (κ3) is 1.31. The number of rotatable bonds is 1. The Morgan fingerprint density at radius 2 is 2.27 bits per heavy atom. The van der Waals surface area contributed by atoms with Crippen molar-refractivity contribution in [2.24, 2.45) is 5.73 Å². The molecule has 59 valence electrons. The van der Waals surface area contributed by atoms with E-state index >= 15 is 0 Å². The molecule has 0 fully saturated rings. The van der Waals surface area contributed by atoms with Gasteiger partial charge in [-0.3, -0.25) is 9.69 Å². The third-order valence-electron chi connectivity index (χ3n) is 1.34. The fraction of sp³-hybridized carbons (Fsp3) is 0.333.